The van der Waals surface area contributed by atoms with Crippen LogP contribution in [0.3, 0.4) is 0 Å². The molecule has 0 spiro atoms. The molecule has 0 bridgehead atoms. The van der Waals surface area contributed by atoms with Crippen LogP contribution in [0.2, 0.25) is 5.15 Å². The first-order valence-electron chi connectivity index (χ1n) is 6.38. The molecule has 1 aliphatic rings. The van der Waals surface area contributed by atoms with E-state index in [-0.39, 0.29) is 5.91 Å². The molecule has 5 heteroatoms. The number of carbonyl (C=O) groups is 1. The van der Waals surface area contributed by atoms with E-state index in [9.17, 15) is 4.79 Å². The number of amides is 1. The minimum atomic E-state index is -0.154. The van der Waals surface area contributed by atoms with E-state index in [4.69, 9.17) is 16.3 Å². The van der Waals surface area contributed by atoms with E-state index in [0.29, 0.717) is 41.7 Å². The number of pyridine rings is 1. The van der Waals surface area contributed by atoms with Gasteiger partial charge < -0.3 is 10.1 Å². The first-order chi connectivity index (χ1) is 9.74. The molecule has 2 heterocycles. The van der Waals surface area contributed by atoms with Crippen LogP contribution in [0.4, 0.5) is 0 Å². The van der Waals surface area contributed by atoms with E-state index in [1.165, 1.54) is 0 Å². The van der Waals surface area contributed by atoms with Crippen molar-refractivity contribution < 1.29 is 9.53 Å². The summed E-state index contributed by atoms with van der Waals surface area (Å²) >= 11 is 5.99. The summed E-state index contributed by atoms with van der Waals surface area (Å²) in [6.07, 6.45) is 0.670. The van der Waals surface area contributed by atoms with Gasteiger partial charge in [0.2, 0.25) is 0 Å². The van der Waals surface area contributed by atoms with E-state index < -0.39 is 0 Å². The fourth-order valence-electron chi connectivity index (χ4n) is 2.20. The van der Waals surface area contributed by atoms with Gasteiger partial charge in [0, 0.05) is 19.0 Å². The van der Waals surface area contributed by atoms with Crippen molar-refractivity contribution in [1.29, 1.82) is 0 Å². The summed E-state index contributed by atoms with van der Waals surface area (Å²) in [5, 5.41) is 3.14. The van der Waals surface area contributed by atoms with Gasteiger partial charge in [-0.1, -0.05) is 41.9 Å². The number of ether oxygens (including phenoxy) is 1. The Labute approximate surface area is 121 Å². The lowest BCUT2D eigenvalue weighted by molar-refractivity contribution is 0.0940. The number of fused-ring (bicyclic) bond motifs is 1. The maximum Gasteiger partial charge on any atom is 0.256 e. The third-order valence-electron chi connectivity index (χ3n) is 3.14. The number of aromatic nitrogens is 1. The van der Waals surface area contributed by atoms with Crippen molar-refractivity contribution in [2.24, 2.45) is 0 Å². The lowest BCUT2D eigenvalue weighted by Gasteiger charge is -2.19. The molecule has 0 unspecified atom stereocenters. The van der Waals surface area contributed by atoms with Gasteiger partial charge in [-0.05, 0) is 5.56 Å². The molecule has 3 rings (SSSR count). The van der Waals surface area contributed by atoms with Crippen molar-refractivity contribution in [3.63, 3.8) is 0 Å². The molecule has 20 heavy (non-hydrogen) atoms. The average molecular weight is 289 g/mol. The van der Waals surface area contributed by atoms with Gasteiger partial charge in [0.25, 0.3) is 5.91 Å². The summed E-state index contributed by atoms with van der Waals surface area (Å²) in [4.78, 5) is 16.2. The van der Waals surface area contributed by atoms with Crippen molar-refractivity contribution in [3.8, 4) is 5.75 Å². The molecule has 0 radical (unpaired) electrons. The smallest absolute Gasteiger partial charge is 0.256 e. The Hall–Kier alpha value is -2.07. The van der Waals surface area contributed by atoms with E-state index in [1.807, 2.05) is 30.3 Å². The second kappa shape index (κ2) is 5.51. The van der Waals surface area contributed by atoms with Gasteiger partial charge >= 0.3 is 0 Å². The van der Waals surface area contributed by atoms with Gasteiger partial charge in [0.15, 0.2) is 0 Å². The first kappa shape index (κ1) is 12.9. The summed E-state index contributed by atoms with van der Waals surface area (Å²) < 4.78 is 5.76. The largest absolute Gasteiger partial charge is 0.488 e. The molecular weight excluding hydrogens is 276 g/mol. The van der Waals surface area contributed by atoms with Crippen molar-refractivity contribution in [2.45, 2.75) is 13.0 Å². The summed E-state index contributed by atoms with van der Waals surface area (Å²) in [7, 11) is 0. The van der Waals surface area contributed by atoms with Crippen LogP contribution in [-0.2, 0) is 13.0 Å². The Morgan fingerprint density at radius 2 is 2.10 bits per heavy atom. The Morgan fingerprint density at radius 3 is 2.90 bits per heavy atom. The van der Waals surface area contributed by atoms with Crippen LogP contribution in [0.1, 0.15) is 21.6 Å². The average Bonchev–Trinajstić information content (AvgIpc) is 2.45. The first-order valence-corrected chi connectivity index (χ1v) is 6.76. The minimum absolute atomic E-state index is 0.154. The van der Waals surface area contributed by atoms with Gasteiger partial charge in [-0.15, -0.1) is 0 Å². The predicted octanol–water partition coefficient (Wildman–Crippen LogP) is 2.60. The molecule has 0 atom stereocenters. The van der Waals surface area contributed by atoms with E-state index in [2.05, 4.69) is 10.3 Å². The second-order valence-corrected chi connectivity index (χ2v) is 4.93. The number of carbonyl (C=O) groups excluding carboxylic acids is 1. The van der Waals surface area contributed by atoms with Crippen LogP contribution >= 0.6 is 11.6 Å². The Kier molecular flexibility index (Phi) is 3.56. The summed E-state index contributed by atoms with van der Waals surface area (Å²) in [5.74, 6) is 0.333. The Morgan fingerprint density at radius 1 is 1.30 bits per heavy atom. The van der Waals surface area contributed by atoms with Crippen molar-refractivity contribution in [2.75, 3.05) is 6.54 Å². The third kappa shape index (κ3) is 2.60. The fourth-order valence-corrected chi connectivity index (χ4v) is 2.40. The fraction of sp³-hybridized carbons (Fsp3) is 0.200. The highest BCUT2D eigenvalue weighted by atomic mass is 35.5. The maximum atomic E-state index is 12.0. The number of rotatable bonds is 3. The lowest BCUT2D eigenvalue weighted by Crippen LogP contribution is -2.33. The highest BCUT2D eigenvalue weighted by Crippen LogP contribution is 2.27. The molecule has 0 saturated heterocycles. The molecule has 2 aromatic rings. The highest BCUT2D eigenvalue weighted by Gasteiger charge is 2.23. The van der Waals surface area contributed by atoms with E-state index in [0.717, 1.165) is 5.56 Å². The van der Waals surface area contributed by atoms with Crippen LogP contribution in [0.25, 0.3) is 0 Å². The molecule has 1 aromatic carbocycles. The van der Waals surface area contributed by atoms with Gasteiger partial charge in [0.05, 0.1) is 5.69 Å². The molecule has 1 N–H and O–H groups in total. The normalized spacial score (nSPS) is 13.6. The van der Waals surface area contributed by atoms with Gasteiger partial charge in [0.1, 0.15) is 23.1 Å². The quantitative estimate of drug-likeness (QED) is 0.883. The number of nitrogens with zero attached hydrogens (tertiary/aromatic N) is 1. The van der Waals surface area contributed by atoms with Crippen molar-refractivity contribution in [3.05, 3.63) is 58.4 Å². The molecular formula is C15H13ClN2O2. The zero-order valence-corrected chi connectivity index (χ0v) is 11.5. The molecule has 0 aliphatic carbocycles. The zero-order valence-electron chi connectivity index (χ0n) is 10.7. The summed E-state index contributed by atoms with van der Waals surface area (Å²) in [6.45, 7) is 0.970. The number of benzene rings is 1. The molecule has 1 amide bonds. The number of hydrogen-bond donors (Lipinski definition) is 1. The SMILES string of the molecule is O=C1NCCc2nc(Cl)cc(OCc3ccccc3)c21. The highest BCUT2D eigenvalue weighted by molar-refractivity contribution is 6.29. The Bertz CT molecular complexity index is 644. The van der Waals surface area contributed by atoms with Crippen LogP contribution in [-0.4, -0.2) is 17.4 Å². The van der Waals surface area contributed by atoms with Crippen LogP contribution in [0.15, 0.2) is 36.4 Å². The number of nitrogens with one attached hydrogen (secondary N) is 1. The van der Waals surface area contributed by atoms with Crippen molar-refractivity contribution >= 4 is 17.5 Å². The molecule has 102 valence electrons. The summed E-state index contributed by atoms with van der Waals surface area (Å²) in [6, 6.07) is 11.4. The number of hydrogen-bond acceptors (Lipinski definition) is 3. The monoisotopic (exact) mass is 288 g/mol. The molecule has 0 saturated carbocycles. The minimum Gasteiger partial charge on any atom is -0.488 e. The molecule has 1 aliphatic heterocycles. The zero-order chi connectivity index (χ0) is 13.9. The van der Waals surface area contributed by atoms with E-state index >= 15 is 0 Å². The summed E-state index contributed by atoms with van der Waals surface area (Å²) in [5.41, 5.74) is 2.23. The topological polar surface area (TPSA) is 51.2 Å². The van der Waals surface area contributed by atoms with Crippen LogP contribution in [0.5, 0.6) is 5.75 Å². The Balaban J connectivity index is 1.89. The molecule has 1 aromatic heterocycles. The lowest BCUT2D eigenvalue weighted by atomic mass is 10.1. The van der Waals surface area contributed by atoms with E-state index in [1.54, 1.807) is 6.07 Å². The number of halogens is 1. The predicted molar refractivity (Wildman–Crippen MR) is 76.1 cm³/mol. The second-order valence-electron chi connectivity index (χ2n) is 4.54. The van der Waals surface area contributed by atoms with Crippen LogP contribution in [0, 0.1) is 0 Å². The molecule has 0 fully saturated rings. The van der Waals surface area contributed by atoms with Gasteiger partial charge in [-0.25, -0.2) is 4.98 Å². The maximum absolute atomic E-state index is 12.0. The van der Waals surface area contributed by atoms with Crippen molar-refractivity contribution in [1.82, 2.24) is 10.3 Å². The third-order valence-corrected chi connectivity index (χ3v) is 3.33. The van der Waals surface area contributed by atoms with Gasteiger partial charge in [-0.3, -0.25) is 4.79 Å². The standard InChI is InChI=1S/C15H13ClN2O2/c16-13-8-12(20-9-10-4-2-1-3-5-10)14-11(18-13)6-7-17-15(14)19/h1-5,8H,6-7,9H2,(H,17,19). The van der Waals surface area contributed by atoms with Crippen LogP contribution < -0.4 is 10.1 Å². The molecule has 4 nitrogen and oxygen atoms in total. The van der Waals surface area contributed by atoms with Gasteiger partial charge in [-0.2, -0.15) is 0 Å².